The minimum atomic E-state index is -0.422. The van der Waals surface area contributed by atoms with Crippen molar-refractivity contribution in [1.82, 2.24) is 19.7 Å². The molecule has 3 aromatic rings. The van der Waals surface area contributed by atoms with Gasteiger partial charge in [0.1, 0.15) is 5.82 Å². The Bertz CT molecular complexity index is 1260. The number of carbonyl (C=O) groups is 2. The number of ketones is 1. The predicted octanol–water partition coefficient (Wildman–Crippen LogP) is 4.52. The highest BCUT2D eigenvalue weighted by Crippen LogP contribution is 2.27. The minimum Gasteiger partial charge on any atom is -0.360 e. The molecule has 0 unspecified atom stereocenters. The van der Waals surface area contributed by atoms with Crippen LogP contribution in [-0.2, 0) is 17.9 Å². The number of carbonyl (C=O) groups excluding carboxylic acids is 2. The van der Waals surface area contributed by atoms with Gasteiger partial charge < -0.3 is 9.88 Å². The third-order valence-corrected chi connectivity index (χ3v) is 7.89. The van der Waals surface area contributed by atoms with Gasteiger partial charge in [-0.3, -0.25) is 19.4 Å². The molecule has 1 N–H and O–H groups in total. The molecule has 36 heavy (non-hydrogen) atoms. The molecule has 2 aliphatic heterocycles. The molecule has 0 saturated carbocycles. The zero-order valence-corrected chi connectivity index (χ0v) is 21.4. The Labute approximate surface area is 212 Å². The number of rotatable bonds is 6. The molecule has 2 aliphatic rings. The van der Waals surface area contributed by atoms with Crippen LogP contribution in [0.1, 0.15) is 53.7 Å². The van der Waals surface area contributed by atoms with Gasteiger partial charge in [-0.1, -0.05) is 12.1 Å². The number of nitrogens with one attached hydrogen (secondary N) is 1. The van der Waals surface area contributed by atoms with Gasteiger partial charge in [0, 0.05) is 68.5 Å². The van der Waals surface area contributed by atoms with Crippen LogP contribution >= 0.6 is 0 Å². The highest BCUT2D eigenvalue weighted by molar-refractivity contribution is 6.44. The molecule has 0 spiro atoms. The van der Waals surface area contributed by atoms with Crippen molar-refractivity contribution in [3.8, 4) is 0 Å². The molecule has 0 bridgehead atoms. The first-order valence-electron chi connectivity index (χ1n) is 13.0. The fourth-order valence-electron chi connectivity index (χ4n) is 5.61. The van der Waals surface area contributed by atoms with E-state index in [0.717, 1.165) is 55.5 Å². The van der Waals surface area contributed by atoms with Crippen LogP contribution in [0.5, 0.6) is 0 Å². The van der Waals surface area contributed by atoms with E-state index < -0.39 is 11.7 Å². The number of nitrogens with zero attached hydrogens (tertiary/aromatic N) is 3. The lowest BCUT2D eigenvalue weighted by Crippen LogP contribution is -2.55. The minimum absolute atomic E-state index is 0.204. The van der Waals surface area contributed by atoms with Crippen LogP contribution in [0.25, 0.3) is 10.9 Å². The second kappa shape index (κ2) is 10.1. The number of fused-ring (bicyclic) bond motifs is 1. The highest BCUT2D eigenvalue weighted by Gasteiger charge is 2.30. The van der Waals surface area contributed by atoms with Crippen LogP contribution in [0.4, 0.5) is 4.39 Å². The van der Waals surface area contributed by atoms with Gasteiger partial charge in [0.25, 0.3) is 11.7 Å². The van der Waals surface area contributed by atoms with Crippen molar-refractivity contribution in [2.24, 2.45) is 0 Å². The normalized spacial score (nSPS) is 21.4. The molecule has 2 saturated heterocycles. The Kier molecular flexibility index (Phi) is 6.95. The second-order valence-corrected chi connectivity index (χ2v) is 10.5. The first-order valence-corrected chi connectivity index (χ1v) is 13.0. The molecule has 2 atom stereocenters. The maximum Gasteiger partial charge on any atom is 0.295 e. The van der Waals surface area contributed by atoms with Gasteiger partial charge in [0.15, 0.2) is 0 Å². The first-order chi connectivity index (χ1) is 17.3. The summed E-state index contributed by atoms with van der Waals surface area (Å²) in [7, 11) is 0. The largest absolute Gasteiger partial charge is 0.360 e. The van der Waals surface area contributed by atoms with Gasteiger partial charge in [-0.05, 0) is 74.6 Å². The molecular weight excluding hydrogens is 455 g/mol. The van der Waals surface area contributed by atoms with E-state index in [1.165, 1.54) is 23.3 Å². The average Bonchev–Trinajstić information content (AvgIpc) is 3.53. The summed E-state index contributed by atoms with van der Waals surface area (Å²) >= 11 is 0. The molecule has 2 fully saturated rings. The molecule has 1 aromatic heterocycles. The first kappa shape index (κ1) is 24.7. The van der Waals surface area contributed by atoms with E-state index in [1.807, 2.05) is 12.1 Å². The molecule has 2 aromatic carbocycles. The Morgan fingerprint density at radius 2 is 1.61 bits per heavy atom. The molecule has 0 radical (unpaired) electrons. The SMILES string of the molecule is Cc1cc2[nH]cc(C(=O)C(=O)N3CCCC3)c2cc1CN1C[C@H](C)N(Cc2ccc(F)cc2)C[C@H]1C. The Morgan fingerprint density at radius 1 is 0.972 bits per heavy atom. The molecule has 190 valence electrons. The molecule has 0 aliphatic carbocycles. The number of aromatic nitrogens is 1. The zero-order chi connectivity index (χ0) is 25.4. The summed E-state index contributed by atoms with van der Waals surface area (Å²) in [6.07, 6.45) is 3.61. The van der Waals surface area contributed by atoms with E-state index in [1.54, 1.807) is 11.1 Å². The van der Waals surface area contributed by atoms with Crippen molar-refractivity contribution in [3.05, 3.63) is 70.7 Å². The third-order valence-electron chi connectivity index (χ3n) is 7.89. The molecule has 1 amide bonds. The maximum absolute atomic E-state index is 13.3. The third kappa shape index (κ3) is 4.95. The number of amides is 1. The number of hydrogen-bond donors (Lipinski definition) is 1. The smallest absolute Gasteiger partial charge is 0.295 e. The number of likely N-dealkylation sites (tertiary alicyclic amines) is 1. The number of aromatic amines is 1. The second-order valence-electron chi connectivity index (χ2n) is 10.5. The van der Waals surface area contributed by atoms with Gasteiger partial charge >= 0.3 is 0 Å². The summed E-state index contributed by atoms with van der Waals surface area (Å²) in [6.45, 7) is 11.4. The van der Waals surface area contributed by atoms with Crippen LogP contribution in [-0.4, -0.2) is 69.6 Å². The van der Waals surface area contributed by atoms with Gasteiger partial charge in [-0.25, -0.2) is 4.39 Å². The number of aryl methyl sites for hydroxylation is 1. The molecule has 3 heterocycles. The topological polar surface area (TPSA) is 59.7 Å². The fourth-order valence-corrected chi connectivity index (χ4v) is 5.61. The maximum atomic E-state index is 13.3. The van der Waals surface area contributed by atoms with Crippen molar-refractivity contribution < 1.29 is 14.0 Å². The van der Waals surface area contributed by atoms with Crippen LogP contribution in [0.2, 0.25) is 0 Å². The van der Waals surface area contributed by atoms with Crippen molar-refractivity contribution >= 4 is 22.6 Å². The van der Waals surface area contributed by atoms with Gasteiger partial charge in [-0.2, -0.15) is 0 Å². The number of Topliss-reactive ketones (excluding diaryl/α,β-unsaturated/α-hetero) is 1. The van der Waals surface area contributed by atoms with Gasteiger partial charge in [0.2, 0.25) is 0 Å². The number of halogens is 1. The molecule has 7 heteroatoms. The van der Waals surface area contributed by atoms with Crippen molar-refractivity contribution in [3.63, 3.8) is 0 Å². The number of benzene rings is 2. The summed E-state index contributed by atoms with van der Waals surface area (Å²) in [6, 6.07) is 11.7. The lowest BCUT2D eigenvalue weighted by atomic mass is 10.00. The Morgan fingerprint density at radius 3 is 2.28 bits per heavy atom. The summed E-state index contributed by atoms with van der Waals surface area (Å²) in [5, 5.41) is 0.823. The zero-order valence-electron chi connectivity index (χ0n) is 21.4. The standard InChI is InChI=1S/C29H35FN4O2/c1-19-12-27-25(26(14-31-27)28(35)29(36)32-10-4-5-11-32)13-23(19)18-34-16-20(2)33(15-21(34)3)17-22-6-8-24(30)9-7-22/h6-9,12-14,20-21,31H,4-5,10-11,15-18H2,1-3H3/t20-,21+/m0/s1. The highest BCUT2D eigenvalue weighted by atomic mass is 19.1. The fraction of sp³-hybridized carbons (Fsp3) is 0.448. The van der Waals surface area contributed by atoms with Crippen molar-refractivity contribution in [2.75, 3.05) is 26.2 Å². The molecular formula is C29H35FN4O2. The lowest BCUT2D eigenvalue weighted by Gasteiger charge is -2.44. The van der Waals surface area contributed by atoms with E-state index in [-0.39, 0.29) is 5.82 Å². The van der Waals surface area contributed by atoms with E-state index >= 15 is 0 Å². The summed E-state index contributed by atoms with van der Waals surface area (Å²) in [5.74, 6) is -1.02. The summed E-state index contributed by atoms with van der Waals surface area (Å²) in [5.41, 5.74) is 4.82. The van der Waals surface area contributed by atoms with Crippen LogP contribution in [0.15, 0.2) is 42.6 Å². The average molecular weight is 491 g/mol. The van der Waals surface area contributed by atoms with E-state index in [0.29, 0.717) is 30.7 Å². The molecule has 5 rings (SSSR count). The van der Waals surface area contributed by atoms with Crippen LogP contribution in [0.3, 0.4) is 0 Å². The summed E-state index contributed by atoms with van der Waals surface area (Å²) < 4.78 is 13.3. The lowest BCUT2D eigenvalue weighted by molar-refractivity contribution is -0.125. The quantitative estimate of drug-likeness (QED) is 0.408. The van der Waals surface area contributed by atoms with E-state index in [4.69, 9.17) is 0 Å². The van der Waals surface area contributed by atoms with Gasteiger partial charge in [-0.15, -0.1) is 0 Å². The van der Waals surface area contributed by atoms with Gasteiger partial charge in [0.05, 0.1) is 5.56 Å². The monoisotopic (exact) mass is 490 g/mol. The van der Waals surface area contributed by atoms with Crippen molar-refractivity contribution in [2.45, 2.75) is 58.8 Å². The summed E-state index contributed by atoms with van der Waals surface area (Å²) in [4.78, 5) is 35.6. The number of piperazine rings is 1. The number of hydrogen-bond acceptors (Lipinski definition) is 4. The van der Waals surface area contributed by atoms with Crippen LogP contribution < -0.4 is 0 Å². The van der Waals surface area contributed by atoms with E-state index in [2.05, 4.69) is 47.7 Å². The van der Waals surface area contributed by atoms with Crippen molar-refractivity contribution in [1.29, 1.82) is 0 Å². The number of H-pyrrole nitrogens is 1. The predicted molar refractivity (Wildman–Crippen MR) is 139 cm³/mol. The molecule has 6 nitrogen and oxygen atoms in total. The van der Waals surface area contributed by atoms with Crippen LogP contribution in [0, 0.1) is 12.7 Å². The Hall–Kier alpha value is -3.03. The van der Waals surface area contributed by atoms with E-state index in [9.17, 15) is 14.0 Å². The Balaban J connectivity index is 1.31.